The number of hydrogen-bond donors (Lipinski definition) is 2. The van der Waals surface area contributed by atoms with Crippen LogP contribution < -0.4 is 11.1 Å². The second-order valence-electron chi connectivity index (χ2n) is 4.24. The number of nitrogens with one attached hydrogen (secondary N) is 1. The molecule has 0 bridgehead atoms. The van der Waals surface area contributed by atoms with E-state index in [1.807, 2.05) is 0 Å². The monoisotopic (exact) mass is 199 g/mol. The van der Waals surface area contributed by atoms with Crippen LogP contribution in [0.5, 0.6) is 0 Å². The molecule has 0 aromatic heterocycles. The second kappa shape index (κ2) is 5.32. The molecule has 1 unspecified atom stereocenters. The van der Waals surface area contributed by atoms with Gasteiger partial charge < -0.3 is 16.0 Å². The number of carbonyl (C=O) groups is 1. The lowest BCUT2D eigenvalue weighted by Gasteiger charge is -2.19. The molecule has 0 aromatic carbocycles. The zero-order valence-electron chi connectivity index (χ0n) is 9.12. The summed E-state index contributed by atoms with van der Waals surface area (Å²) in [7, 11) is 3.88. The SMILES string of the molecule is CNC(CCN(C)CC1CC1)C(N)=O. The minimum absolute atomic E-state index is 0.184. The highest BCUT2D eigenvalue weighted by Crippen LogP contribution is 2.29. The van der Waals surface area contributed by atoms with Crippen LogP contribution in [0.3, 0.4) is 0 Å². The van der Waals surface area contributed by atoms with Gasteiger partial charge in [0.15, 0.2) is 0 Å². The van der Waals surface area contributed by atoms with E-state index in [0.29, 0.717) is 0 Å². The van der Waals surface area contributed by atoms with E-state index in [9.17, 15) is 4.79 Å². The van der Waals surface area contributed by atoms with E-state index < -0.39 is 0 Å². The predicted molar refractivity (Wildman–Crippen MR) is 56.9 cm³/mol. The summed E-state index contributed by atoms with van der Waals surface area (Å²) in [5.41, 5.74) is 5.23. The fourth-order valence-electron chi connectivity index (χ4n) is 1.61. The molecule has 4 nitrogen and oxygen atoms in total. The van der Waals surface area contributed by atoms with Crippen LogP contribution in [0, 0.1) is 5.92 Å². The summed E-state index contributed by atoms with van der Waals surface area (Å²) in [6, 6.07) is -0.184. The molecule has 0 spiro atoms. The Morgan fingerprint density at radius 3 is 2.71 bits per heavy atom. The third kappa shape index (κ3) is 4.07. The van der Waals surface area contributed by atoms with Crippen LogP contribution in [0.4, 0.5) is 0 Å². The topological polar surface area (TPSA) is 58.4 Å². The number of nitrogens with zero attached hydrogens (tertiary/aromatic N) is 1. The third-order valence-corrected chi connectivity index (χ3v) is 2.76. The molecule has 1 aliphatic carbocycles. The largest absolute Gasteiger partial charge is 0.368 e. The van der Waals surface area contributed by atoms with E-state index >= 15 is 0 Å². The van der Waals surface area contributed by atoms with Crippen LogP contribution in [0.25, 0.3) is 0 Å². The number of primary amides is 1. The Balaban J connectivity index is 2.12. The van der Waals surface area contributed by atoms with Crippen molar-refractivity contribution in [2.45, 2.75) is 25.3 Å². The Morgan fingerprint density at radius 2 is 2.29 bits per heavy atom. The predicted octanol–water partition coefficient (Wildman–Crippen LogP) is -0.208. The molecule has 14 heavy (non-hydrogen) atoms. The van der Waals surface area contributed by atoms with Crippen LogP contribution in [-0.2, 0) is 4.79 Å². The number of hydrogen-bond acceptors (Lipinski definition) is 3. The van der Waals surface area contributed by atoms with Crippen molar-refractivity contribution >= 4 is 5.91 Å². The molecule has 1 rings (SSSR count). The number of amides is 1. The van der Waals surface area contributed by atoms with Crippen molar-refractivity contribution in [2.24, 2.45) is 11.7 Å². The quantitative estimate of drug-likeness (QED) is 0.596. The molecule has 1 atom stereocenters. The first-order valence-electron chi connectivity index (χ1n) is 5.28. The molecule has 1 aliphatic rings. The van der Waals surface area contributed by atoms with Gasteiger partial charge in [-0.3, -0.25) is 4.79 Å². The highest BCUT2D eigenvalue weighted by molar-refractivity contribution is 5.79. The first-order chi connectivity index (χ1) is 6.63. The lowest BCUT2D eigenvalue weighted by atomic mass is 10.2. The molecule has 3 N–H and O–H groups in total. The van der Waals surface area contributed by atoms with Gasteiger partial charge in [-0.25, -0.2) is 0 Å². The van der Waals surface area contributed by atoms with Gasteiger partial charge in [0.25, 0.3) is 0 Å². The van der Waals surface area contributed by atoms with Gasteiger partial charge in [0.05, 0.1) is 6.04 Å². The van der Waals surface area contributed by atoms with Crippen molar-refractivity contribution in [3.05, 3.63) is 0 Å². The third-order valence-electron chi connectivity index (χ3n) is 2.76. The molecule has 1 fully saturated rings. The maximum absolute atomic E-state index is 10.9. The van der Waals surface area contributed by atoms with Gasteiger partial charge in [-0.05, 0) is 45.8 Å². The number of rotatable bonds is 7. The second-order valence-corrected chi connectivity index (χ2v) is 4.24. The lowest BCUT2D eigenvalue weighted by Crippen LogP contribution is -2.41. The summed E-state index contributed by atoms with van der Waals surface area (Å²) in [6.45, 7) is 2.10. The summed E-state index contributed by atoms with van der Waals surface area (Å²) in [5.74, 6) is 0.647. The van der Waals surface area contributed by atoms with Crippen LogP contribution >= 0.6 is 0 Å². The van der Waals surface area contributed by atoms with E-state index in [1.165, 1.54) is 12.8 Å². The molecule has 0 heterocycles. The minimum atomic E-state index is -0.257. The molecule has 0 aliphatic heterocycles. The minimum Gasteiger partial charge on any atom is -0.368 e. The van der Waals surface area contributed by atoms with E-state index in [4.69, 9.17) is 5.73 Å². The van der Waals surface area contributed by atoms with Gasteiger partial charge in [0.2, 0.25) is 5.91 Å². The molecular weight excluding hydrogens is 178 g/mol. The highest BCUT2D eigenvalue weighted by Gasteiger charge is 2.23. The first kappa shape index (κ1) is 11.5. The molecule has 4 heteroatoms. The molecule has 0 saturated heterocycles. The standard InChI is InChI=1S/C10H21N3O/c1-12-9(10(11)14)5-6-13(2)7-8-3-4-8/h8-9,12H,3-7H2,1-2H3,(H2,11,14). The van der Waals surface area contributed by atoms with Gasteiger partial charge in [0, 0.05) is 6.54 Å². The van der Waals surface area contributed by atoms with Crippen molar-refractivity contribution < 1.29 is 4.79 Å². The smallest absolute Gasteiger partial charge is 0.234 e. The Kier molecular flexibility index (Phi) is 4.35. The van der Waals surface area contributed by atoms with Crippen LogP contribution in [0.2, 0.25) is 0 Å². The summed E-state index contributed by atoms with van der Waals surface area (Å²) in [4.78, 5) is 13.2. The van der Waals surface area contributed by atoms with Gasteiger partial charge in [-0.15, -0.1) is 0 Å². The van der Waals surface area contributed by atoms with E-state index in [2.05, 4.69) is 17.3 Å². The average Bonchev–Trinajstić information content (AvgIpc) is 2.88. The summed E-state index contributed by atoms with van der Waals surface area (Å²) >= 11 is 0. The fraction of sp³-hybridized carbons (Fsp3) is 0.900. The van der Waals surface area contributed by atoms with Crippen molar-refractivity contribution in [2.75, 3.05) is 27.2 Å². The zero-order chi connectivity index (χ0) is 10.6. The van der Waals surface area contributed by atoms with Gasteiger partial charge >= 0.3 is 0 Å². The Bertz CT molecular complexity index is 192. The van der Waals surface area contributed by atoms with Gasteiger partial charge in [0.1, 0.15) is 0 Å². The molecule has 0 radical (unpaired) electrons. The van der Waals surface area contributed by atoms with Crippen molar-refractivity contribution in [3.8, 4) is 0 Å². The van der Waals surface area contributed by atoms with Crippen LogP contribution in [0.15, 0.2) is 0 Å². The number of nitrogens with two attached hydrogens (primary N) is 1. The summed E-state index contributed by atoms with van der Waals surface area (Å²) in [5, 5.41) is 2.92. The number of carbonyl (C=O) groups excluding carboxylic acids is 1. The van der Waals surface area contributed by atoms with Crippen molar-refractivity contribution in [3.63, 3.8) is 0 Å². The van der Waals surface area contributed by atoms with Gasteiger partial charge in [-0.2, -0.15) is 0 Å². The molecule has 1 saturated carbocycles. The van der Waals surface area contributed by atoms with E-state index in [-0.39, 0.29) is 11.9 Å². The van der Waals surface area contributed by atoms with Gasteiger partial charge in [-0.1, -0.05) is 0 Å². The maximum atomic E-state index is 10.9. The lowest BCUT2D eigenvalue weighted by molar-refractivity contribution is -0.120. The van der Waals surface area contributed by atoms with Crippen molar-refractivity contribution in [1.29, 1.82) is 0 Å². The first-order valence-corrected chi connectivity index (χ1v) is 5.28. The Labute approximate surface area is 85.8 Å². The average molecular weight is 199 g/mol. The van der Waals surface area contributed by atoms with Crippen LogP contribution in [0.1, 0.15) is 19.3 Å². The van der Waals surface area contributed by atoms with E-state index in [1.54, 1.807) is 7.05 Å². The number of likely N-dealkylation sites (N-methyl/N-ethyl adjacent to an activating group) is 1. The fourth-order valence-corrected chi connectivity index (χ4v) is 1.61. The molecule has 0 aromatic rings. The summed E-state index contributed by atoms with van der Waals surface area (Å²) in [6.07, 6.45) is 3.54. The Hall–Kier alpha value is -0.610. The maximum Gasteiger partial charge on any atom is 0.234 e. The molecule has 1 amide bonds. The van der Waals surface area contributed by atoms with E-state index in [0.717, 1.165) is 25.4 Å². The van der Waals surface area contributed by atoms with Crippen LogP contribution in [-0.4, -0.2) is 44.0 Å². The van der Waals surface area contributed by atoms with Crippen molar-refractivity contribution in [1.82, 2.24) is 10.2 Å². The normalized spacial score (nSPS) is 18.5. The highest BCUT2D eigenvalue weighted by atomic mass is 16.1. The summed E-state index contributed by atoms with van der Waals surface area (Å²) < 4.78 is 0. The zero-order valence-corrected chi connectivity index (χ0v) is 9.12. The molecule has 82 valence electrons. The Morgan fingerprint density at radius 1 is 1.64 bits per heavy atom. The molecular formula is C10H21N3O.